The van der Waals surface area contributed by atoms with E-state index in [1.165, 1.54) is 12.1 Å². The molecule has 5 heteroatoms. The van der Waals surface area contributed by atoms with Gasteiger partial charge in [-0.25, -0.2) is 0 Å². The van der Waals surface area contributed by atoms with Gasteiger partial charge in [-0.1, -0.05) is 12.1 Å². The third-order valence-electron chi connectivity index (χ3n) is 3.86. The summed E-state index contributed by atoms with van der Waals surface area (Å²) in [5.41, 5.74) is -0.174. The second kappa shape index (κ2) is 4.13. The first-order chi connectivity index (χ1) is 8.93. The molecule has 1 aliphatic carbocycles. The van der Waals surface area contributed by atoms with Crippen LogP contribution in [0.1, 0.15) is 23.5 Å². The molecule has 3 rings (SSSR count). The average molecular weight is 284 g/mol. The van der Waals surface area contributed by atoms with Crippen LogP contribution in [0.2, 0.25) is 0 Å². The molecule has 0 bridgehead atoms. The Hall–Kier alpha value is -1.23. The second-order valence-corrected chi connectivity index (χ2v) is 5.90. The maximum atomic E-state index is 12.5. The van der Waals surface area contributed by atoms with Crippen LogP contribution in [-0.2, 0) is 11.0 Å². The maximum absolute atomic E-state index is 12.5. The molecule has 1 aromatic rings. The minimum atomic E-state index is -4.31. The van der Waals surface area contributed by atoms with Crippen molar-refractivity contribution in [3.8, 4) is 0 Å². The highest BCUT2D eigenvalue weighted by molar-refractivity contribution is 8.02. The number of carbonyl (C=O) groups is 1. The zero-order valence-electron chi connectivity index (χ0n) is 9.91. The van der Waals surface area contributed by atoms with Gasteiger partial charge in [0.25, 0.3) is 0 Å². The molecule has 1 saturated carbocycles. The quantitative estimate of drug-likeness (QED) is 0.775. The molecular weight excluding hydrogens is 273 g/mol. The van der Waals surface area contributed by atoms with Crippen LogP contribution >= 0.6 is 11.8 Å². The van der Waals surface area contributed by atoms with Gasteiger partial charge in [-0.15, -0.1) is 11.8 Å². The van der Waals surface area contributed by atoms with E-state index in [-0.39, 0.29) is 17.1 Å². The predicted molar refractivity (Wildman–Crippen MR) is 67.8 cm³/mol. The molecule has 1 aromatic carbocycles. The van der Waals surface area contributed by atoms with Crippen molar-refractivity contribution in [2.45, 2.75) is 18.5 Å². The van der Waals surface area contributed by atoms with Crippen molar-refractivity contribution in [2.75, 3.05) is 5.75 Å². The largest absolute Gasteiger partial charge is 0.416 e. The Balaban J connectivity index is 1.82. The van der Waals surface area contributed by atoms with Crippen molar-refractivity contribution in [2.24, 2.45) is 5.41 Å². The van der Waals surface area contributed by atoms with Crippen molar-refractivity contribution in [3.63, 3.8) is 0 Å². The van der Waals surface area contributed by atoms with Crippen molar-refractivity contribution < 1.29 is 18.0 Å². The first-order valence-corrected chi connectivity index (χ1v) is 6.98. The molecular formula is C14H11F3OS. The van der Waals surface area contributed by atoms with Crippen LogP contribution in [0.4, 0.5) is 13.2 Å². The second-order valence-electron chi connectivity index (χ2n) is 5.01. The summed E-state index contributed by atoms with van der Waals surface area (Å²) in [6.07, 6.45) is -1.98. The topological polar surface area (TPSA) is 17.1 Å². The fourth-order valence-electron chi connectivity index (χ4n) is 2.62. The molecule has 2 aliphatic rings. The van der Waals surface area contributed by atoms with E-state index in [2.05, 4.69) is 0 Å². The summed E-state index contributed by atoms with van der Waals surface area (Å²) < 4.78 is 37.4. The molecule has 19 heavy (non-hydrogen) atoms. The number of hydrogen-bond acceptors (Lipinski definition) is 2. The lowest BCUT2D eigenvalue weighted by Crippen LogP contribution is -2.20. The van der Waals surface area contributed by atoms with Gasteiger partial charge in [0.1, 0.15) is 0 Å². The number of benzene rings is 1. The molecule has 1 heterocycles. The van der Waals surface area contributed by atoms with Gasteiger partial charge in [-0.05, 0) is 41.5 Å². The van der Waals surface area contributed by atoms with Crippen LogP contribution in [-0.4, -0.2) is 11.5 Å². The van der Waals surface area contributed by atoms with E-state index >= 15 is 0 Å². The third kappa shape index (κ3) is 2.10. The van der Waals surface area contributed by atoms with Gasteiger partial charge in [0.05, 0.1) is 5.56 Å². The van der Waals surface area contributed by atoms with E-state index in [1.807, 2.05) is 0 Å². The average Bonchev–Trinajstić information content (AvgIpc) is 3.08. The minimum absolute atomic E-state index is 0.0692. The highest BCUT2D eigenvalue weighted by Gasteiger charge is 2.59. The number of allylic oxidation sites excluding steroid dienone is 1. The molecule has 0 aromatic heterocycles. The van der Waals surface area contributed by atoms with Crippen LogP contribution in [0.3, 0.4) is 0 Å². The molecule has 100 valence electrons. The summed E-state index contributed by atoms with van der Waals surface area (Å²) in [7, 11) is 0. The summed E-state index contributed by atoms with van der Waals surface area (Å²) in [6.45, 7) is 0. The Morgan fingerprint density at radius 2 is 1.89 bits per heavy atom. The molecule has 1 nitrogen and oxygen atoms in total. The van der Waals surface area contributed by atoms with Gasteiger partial charge in [-0.2, -0.15) is 13.2 Å². The van der Waals surface area contributed by atoms with E-state index < -0.39 is 11.7 Å². The number of thioether (sulfide) groups is 1. The molecule has 1 fully saturated rings. The van der Waals surface area contributed by atoms with Gasteiger partial charge in [0.2, 0.25) is 0 Å². The minimum Gasteiger partial charge on any atom is -0.294 e. The smallest absolute Gasteiger partial charge is 0.294 e. The Morgan fingerprint density at radius 3 is 2.47 bits per heavy atom. The van der Waals surface area contributed by atoms with Crippen molar-refractivity contribution in [1.82, 2.24) is 0 Å². The molecule has 0 radical (unpaired) electrons. The number of hydrogen-bond donors (Lipinski definition) is 0. The zero-order valence-corrected chi connectivity index (χ0v) is 10.7. The van der Waals surface area contributed by atoms with Gasteiger partial charge in [0, 0.05) is 11.2 Å². The molecule has 0 saturated heterocycles. The van der Waals surface area contributed by atoms with Gasteiger partial charge < -0.3 is 0 Å². The van der Waals surface area contributed by atoms with Gasteiger partial charge >= 0.3 is 6.18 Å². The van der Waals surface area contributed by atoms with Gasteiger partial charge in [-0.3, -0.25) is 4.79 Å². The number of halogens is 3. The standard InChI is InChI=1S/C14H11F3OS/c15-14(16,17)10-3-1-9(2-4-10)11-7-13(11)8-19-6-5-12(13)18/h1-6,11H,7-8H2/t11-,13+/m0/s1. The first-order valence-electron chi connectivity index (χ1n) is 5.93. The SMILES string of the molecule is O=C1C=CSC[C@@]12C[C@H]2c1ccc(C(F)(F)F)cc1. The molecule has 0 unspecified atom stereocenters. The highest BCUT2D eigenvalue weighted by atomic mass is 32.2. The summed E-state index contributed by atoms with van der Waals surface area (Å²) in [6, 6.07) is 5.19. The first kappa shape index (κ1) is 12.8. The molecule has 1 spiro atoms. The Kier molecular flexibility index (Phi) is 2.78. The Morgan fingerprint density at radius 1 is 1.21 bits per heavy atom. The normalized spacial score (nSPS) is 29.8. The lowest BCUT2D eigenvalue weighted by atomic mass is 9.95. The number of carbonyl (C=O) groups excluding carboxylic acids is 1. The Labute approximate surface area is 112 Å². The lowest BCUT2D eigenvalue weighted by Gasteiger charge is -2.16. The monoisotopic (exact) mass is 284 g/mol. The van der Waals surface area contributed by atoms with Gasteiger partial charge in [0.15, 0.2) is 5.78 Å². The fourth-order valence-corrected chi connectivity index (χ4v) is 3.70. The summed E-state index contributed by atoms with van der Waals surface area (Å²) in [5.74, 6) is 0.907. The summed E-state index contributed by atoms with van der Waals surface area (Å²) in [4.78, 5) is 11.9. The molecule has 0 N–H and O–H groups in total. The van der Waals surface area contributed by atoms with Crippen molar-refractivity contribution in [3.05, 3.63) is 46.9 Å². The fraction of sp³-hybridized carbons (Fsp3) is 0.357. The van der Waals surface area contributed by atoms with Crippen LogP contribution < -0.4 is 0 Å². The molecule has 2 atom stereocenters. The van der Waals surface area contributed by atoms with Crippen LogP contribution in [0.25, 0.3) is 0 Å². The van der Waals surface area contributed by atoms with Crippen LogP contribution in [0.15, 0.2) is 35.7 Å². The number of alkyl halides is 3. The predicted octanol–water partition coefficient (Wildman–Crippen LogP) is 4.01. The van der Waals surface area contributed by atoms with E-state index in [4.69, 9.17) is 0 Å². The van der Waals surface area contributed by atoms with Crippen molar-refractivity contribution in [1.29, 1.82) is 0 Å². The maximum Gasteiger partial charge on any atom is 0.416 e. The van der Waals surface area contributed by atoms with E-state index in [0.29, 0.717) is 0 Å². The van der Waals surface area contributed by atoms with E-state index in [1.54, 1.807) is 23.2 Å². The Bertz CT molecular complexity index is 547. The highest BCUT2D eigenvalue weighted by Crippen LogP contribution is 2.62. The summed E-state index contributed by atoms with van der Waals surface area (Å²) >= 11 is 1.59. The summed E-state index contributed by atoms with van der Waals surface area (Å²) in [5, 5.41) is 1.79. The number of ketones is 1. The third-order valence-corrected chi connectivity index (χ3v) is 4.87. The zero-order chi connectivity index (χ0) is 13.7. The van der Waals surface area contributed by atoms with E-state index in [0.717, 1.165) is 29.9 Å². The molecule has 1 aliphatic heterocycles. The lowest BCUT2D eigenvalue weighted by molar-refractivity contribution is -0.137. The molecule has 0 amide bonds. The van der Waals surface area contributed by atoms with Crippen LogP contribution in [0, 0.1) is 5.41 Å². The number of rotatable bonds is 1. The van der Waals surface area contributed by atoms with Crippen molar-refractivity contribution >= 4 is 17.5 Å². The van der Waals surface area contributed by atoms with Crippen LogP contribution in [0.5, 0.6) is 0 Å². The van der Waals surface area contributed by atoms with E-state index in [9.17, 15) is 18.0 Å².